The number of hydrogen-bond acceptors (Lipinski definition) is 5. The molecule has 6 heteroatoms. The van der Waals surface area contributed by atoms with Gasteiger partial charge in [0.05, 0.1) is 12.0 Å². The highest BCUT2D eigenvalue weighted by molar-refractivity contribution is 5.94. The van der Waals surface area contributed by atoms with E-state index >= 15 is 0 Å². The molecule has 0 aliphatic rings. The predicted molar refractivity (Wildman–Crippen MR) is 98.7 cm³/mol. The van der Waals surface area contributed by atoms with Crippen LogP contribution >= 0.6 is 0 Å². The number of rotatable bonds is 4. The van der Waals surface area contributed by atoms with Crippen molar-refractivity contribution in [2.75, 3.05) is 5.32 Å². The highest BCUT2D eigenvalue weighted by Gasteiger charge is 2.18. The van der Waals surface area contributed by atoms with Crippen LogP contribution < -0.4 is 10.9 Å². The number of benzene rings is 2. The van der Waals surface area contributed by atoms with Crippen LogP contribution in [0.2, 0.25) is 0 Å². The van der Waals surface area contributed by atoms with E-state index in [0.717, 1.165) is 12.0 Å². The number of aromatic hydroxyl groups is 2. The molecule has 0 atom stereocenters. The molecule has 3 rings (SSSR count). The van der Waals surface area contributed by atoms with Crippen molar-refractivity contribution in [3.05, 3.63) is 63.5 Å². The van der Waals surface area contributed by atoms with Gasteiger partial charge < -0.3 is 19.9 Å². The molecule has 0 fully saturated rings. The topological polar surface area (TPSA) is 99.8 Å². The molecule has 6 nitrogen and oxygen atoms in total. The third-order valence-corrected chi connectivity index (χ3v) is 4.42. The lowest BCUT2D eigenvalue weighted by molar-refractivity contribution is -0.115. The number of anilines is 1. The standard InChI is InChI=1S/C20H19NO5/c1-3-12-6-4-5-7-15(12)21-17(23)10-14-11(2)13-8-9-16(22)18(24)19(13)26-20(14)25/h4-9,22,24H,3,10H2,1-2H3,(H,21,23). The number of para-hydroxylation sites is 1. The number of carbonyl (C=O) groups is 1. The molecule has 0 unspecified atom stereocenters. The summed E-state index contributed by atoms with van der Waals surface area (Å²) in [5, 5.41) is 22.7. The molecule has 0 aliphatic carbocycles. The summed E-state index contributed by atoms with van der Waals surface area (Å²) in [6.07, 6.45) is 0.625. The molecule has 1 aromatic heterocycles. The first-order valence-electron chi connectivity index (χ1n) is 8.27. The van der Waals surface area contributed by atoms with Crippen molar-refractivity contribution in [1.29, 1.82) is 0 Å². The Morgan fingerprint density at radius 1 is 1.15 bits per heavy atom. The smallest absolute Gasteiger partial charge is 0.340 e. The maximum absolute atomic E-state index is 12.4. The van der Waals surface area contributed by atoms with Crippen LogP contribution in [-0.2, 0) is 17.6 Å². The highest BCUT2D eigenvalue weighted by Crippen LogP contribution is 2.34. The maximum Gasteiger partial charge on any atom is 0.340 e. The molecule has 3 aromatic rings. The van der Waals surface area contributed by atoms with E-state index in [1.54, 1.807) is 6.92 Å². The van der Waals surface area contributed by atoms with Crippen LogP contribution in [0.4, 0.5) is 5.69 Å². The zero-order chi connectivity index (χ0) is 18.8. The number of amides is 1. The average molecular weight is 353 g/mol. The zero-order valence-electron chi connectivity index (χ0n) is 14.5. The molecule has 0 saturated carbocycles. The van der Waals surface area contributed by atoms with Crippen LogP contribution in [0, 0.1) is 6.92 Å². The van der Waals surface area contributed by atoms with Crippen molar-refractivity contribution in [2.24, 2.45) is 0 Å². The van der Waals surface area contributed by atoms with Gasteiger partial charge in [-0.3, -0.25) is 4.79 Å². The number of nitrogens with one attached hydrogen (secondary N) is 1. The Bertz CT molecular complexity index is 1050. The monoisotopic (exact) mass is 353 g/mol. The van der Waals surface area contributed by atoms with Gasteiger partial charge in [-0.2, -0.15) is 0 Å². The van der Waals surface area contributed by atoms with Gasteiger partial charge in [0.25, 0.3) is 0 Å². The molecule has 1 heterocycles. The summed E-state index contributed by atoms with van der Waals surface area (Å²) in [4.78, 5) is 24.7. The Hall–Kier alpha value is -3.28. The van der Waals surface area contributed by atoms with Crippen LogP contribution in [-0.4, -0.2) is 16.1 Å². The lowest BCUT2D eigenvalue weighted by atomic mass is 10.0. The van der Waals surface area contributed by atoms with Crippen LogP contribution in [0.1, 0.15) is 23.6 Å². The van der Waals surface area contributed by atoms with Gasteiger partial charge in [0.1, 0.15) is 0 Å². The van der Waals surface area contributed by atoms with E-state index in [4.69, 9.17) is 4.42 Å². The first-order valence-corrected chi connectivity index (χ1v) is 8.27. The minimum Gasteiger partial charge on any atom is -0.504 e. The number of carbonyl (C=O) groups excluding carboxylic acids is 1. The molecular weight excluding hydrogens is 334 g/mol. The molecular formula is C20H19NO5. The Kier molecular flexibility index (Phi) is 4.67. The third kappa shape index (κ3) is 3.13. The summed E-state index contributed by atoms with van der Waals surface area (Å²) in [5.41, 5.74) is 1.66. The zero-order valence-corrected chi connectivity index (χ0v) is 14.5. The van der Waals surface area contributed by atoms with Crippen molar-refractivity contribution in [3.63, 3.8) is 0 Å². The number of fused-ring (bicyclic) bond motifs is 1. The Morgan fingerprint density at radius 2 is 1.88 bits per heavy atom. The van der Waals surface area contributed by atoms with Crippen molar-refractivity contribution < 1.29 is 19.4 Å². The van der Waals surface area contributed by atoms with Gasteiger partial charge in [-0.15, -0.1) is 0 Å². The fraction of sp³-hybridized carbons (Fsp3) is 0.200. The van der Waals surface area contributed by atoms with Gasteiger partial charge >= 0.3 is 5.63 Å². The molecule has 134 valence electrons. The quantitative estimate of drug-likeness (QED) is 0.494. The largest absolute Gasteiger partial charge is 0.504 e. The second-order valence-corrected chi connectivity index (χ2v) is 6.04. The van der Waals surface area contributed by atoms with E-state index in [-0.39, 0.29) is 29.2 Å². The summed E-state index contributed by atoms with van der Waals surface area (Å²) in [6.45, 7) is 3.67. The van der Waals surface area contributed by atoms with E-state index in [0.29, 0.717) is 16.6 Å². The molecule has 0 radical (unpaired) electrons. The number of aryl methyl sites for hydroxylation is 2. The summed E-state index contributed by atoms with van der Waals surface area (Å²) in [7, 11) is 0. The second kappa shape index (κ2) is 6.92. The fourth-order valence-electron chi connectivity index (χ4n) is 2.94. The molecule has 2 aromatic carbocycles. The average Bonchev–Trinajstić information content (AvgIpc) is 2.62. The SMILES string of the molecule is CCc1ccccc1NC(=O)Cc1c(C)c2ccc(O)c(O)c2oc1=O. The Labute approximate surface area is 149 Å². The summed E-state index contributed by atoms with van der Waals surface area (Å²) in [6, 6.07) is 10.3. The minimum atomic E-state index is -0.713. The van der Waals surface area contributed by atoms with Crippen LogP contribution in [0.15, 0.2) is 45.6 Å². The number of phenols is 2. The van der Waals surface area contributed by atoms with E-state index in [1.807, 2.05) is 31.2 Å². The number of hydrogen-bond donors (Lipinski definition) is 3. The van der Waals surface area contributed by atoms with Gasteiger partial charge in [-0.05, 0) is 42.7 Å². The molecule has 0 saturated heterocycles. The van der Waals surface area contributed by atoms with Crippen LogP contribution in [0.25, 0.3) is 11.0 Å². The molecule has 0 spiro atoms. The van der Waals surface area contributed by atoms with Gasteiger partial charge in [0.2, 0.25) is 11.7 Å². The Balaban J connectivity index is 1.95. The van der Waals surface area contributed by atoms with Crippen LogP contribution in [0.3, 0.4) is 0 Å². The summed E-state index contributed by atoms with van der Waals surface area (Å²) in [5.74, 6) is -1.19. The minimum absolute atomic E-state index is 0.0898. The van der Waals surface area contributed by atoms with Crippen molar-refractivity contribution in [2.45, 2.75) is 26.7 Å². The summed E-state index contributed by atoms with van der Waals surface area (Å²) >= 11 is 0. The molecule has 0 aliphatic heterocycles. The third-order valence-electron chi connectivity index (χ3n) is 4.42. The maximum atomic E-state index is 12.4. The fourth-order valence-corrected chi connectivity index (χ4v) is 2.94. The van der Waals surface area contributed by atoms with E-state index in [2.05, 4.69) is 5.32 Å². The molecule has 1 amide bonds. The Morgan fingerprint density at radius 3 is 2.62 bits per heavy atom. The van der Waals surface area contributed by atoms with E-state index in [1.165, 1.54) is 12.1 Å². The van der Waals surface area contributed by atoms with Crippen LogP contribution in [0.5, 0.6) is 11.5 Å². The first-order chi connectivity index (χ1) is 12.4. The van der Waals surface area contributed by atoms with Gasteiger partial charge in [-0.1, -0.05) is 25.1 Å². The lowest BCUT2D eigenvalue weighted by Crippen LogP contribution is -2.21. The van der Waals surface area contributed by atoms with Crippen molar-refractivity contribution in [1.82, 2.24) is 0 Å². The first kappa shape index (κ1) is 17.5. The van der Waals surface area contributed by atoms with E-state index in [9.17, 15) is 19.8 Å². The normalized spacial score (nSPS) is 10.8. The van der Waals surface area contributed by atoms with Gasteiger partial charge in [0, 0.05) is 11.1 Å². The van der Waals surface area contributed by atoms with Gasteiger partial charge in [-0.25, -0.2) is 4.79 Å². The number of phenolic OH excluding ortho intramolecular Hbond substituents is 2. The molecule has 3 N–H and O–H groups in total. The predicted octanol–water partition coefficient (Wildman–Crippen LogP) is 3.26. The van der Waals surface area contributed by atoms with Crippen molar-refractivity contribution in [3.8, 4) is 11.5 Å². The second-order valence-electron chi connectivity index (χ2n) is 6.04. The molecule has 26 heavy (non-hydrogen) atoms. The van der Waals surface area contributed by atoms with Gasteiger partial charge in [0.15, 0.2) is 11.3 Å². The lowest BCUT2D eigenvalue weighted by Gasteiger charge is -2.11. The van der Waals surface area contributed by atoms with Crippen molar-refractivity contribution >= 4 is 22.6 Å². The highest BCUT2D eigenvalue weighted by atomic mass is 16.4. The molecule has 0 bridgehead atoms. The van der Waals surface area contributed by atoms with E-state index < -0.39 is 11.4 Å². The summed E-state index contributed by atoms with van der Waals surface area (Å²) < 4.78 is 5.14.